The molecule has 1 fully saturated rings. The maximum absolute atomic E-state index is 14.9. The lowest BCUT2D eigenvalue weighted by Gasteiger charge is -2.35. The summed E-state index contributed by atoms with van der Waals surface area (Å²) in [5.41, 5.74) is 2.59. The number of Topliss-reactive ketones (excluding diaryl/α,β-unsaturated/α-hetero) is 3. The fourth-order valence-electron chi connectivity index (χ4n) is 7.23. The van der Waals surface area contributed by atoms with E-state index in [2.05, 4.69) is 75.5 Å². The molecule has 7 nitrogen and oxygen atoms in total. The van der Waals surface area contributed by atoms with Crippen LogP contribution in [-0.4, -0.2) is 35.1 Å². The highest BCUT2D eigenvalue weighted by atomic mass is 79.9. The van der Waals surface area contributed by atoms with Crippen LogP contribution in [0.25, 0.3) is 0 Å². The summed E-state index contributed by atoms with van der Waals surface area (Å²) in [6.45, 7) is 13.9. The molecule has 0 aliphatic carbocycles. The lowest BCUT2D eigenvalue weighted by Crippen LogP contribution is -2.31. The number of ketones is 3. The maximum Gasteiger partial charge on any atom is 0.338 e. The van der Waals surface area contributed by atoms with E-state index in [1.54, 1.807) is 6.07 Å². The van der Waals surface area contributed by atoms with Gasteiger partial charge in [0.2, 0.25) is 0 Å². The molecule has 0 aromatic heterocycles. The summed E-state index contributed by atoms with van der Waals surface area (Å²) in [6, 6.07) is 28.4. The van der Waals surface area contributed by atoms with Gasteiger partial charge in [-0.15, -0.1) is 0 Å². The first-order valence-corrected chi connectivity index (χ1v) is 23.8. The van der Waals surface area contributed by atoms with Gasteiger partial charge in [0.25, 0.3) is 0 Å². The SMILES string of the molecule is CC(=O)c1cc(F)c(B2CC(C)(C)C(C)(C)C2)cc1OCc1ccccc1.CC(=O)c1cc(F)c(Br)cc1F.CC(=O)c1cc(F)c(Br)cc1OCc1ccccc1.O=C(O)c1cc(F)c(Br)cc1F. The van der Waals surface area contributed by atoms with Crippen LogP contribution in [0.2, 0.25) is 12.6 Å². The van der Waals surface area contributed by atoms with E-state index in [1.165, 1.54) is 39.0 Å². The minimum Gasteiger partial charge on any atom is -0.488 e. The summed E-state index contributed by atoms with van der Waals surface area (Å²) in [6.07, 6.45) is 1.85. The summed E-state index contributed by atoms with van der Waals surface area (Å²) in [5, 5.41) is 8.36. The van der Waals surface area contributed by atoms with E-state index in [9.17, 15) is 45.5 Å². The van der Waals surface area contributed by atoms with Crippen LogP contribution in [0.15, 0.2) is 123 Å². The molecule has 1 aliphatic heterocycles. The van der Waals surface area contributed by atoms with Crippen molar-refractivity contribution in [3.63, 3.8) is 0 Å². The number of rotatable bonds is 11. The normalized spacial score (nSPS) is 13.1. The van der Waals surface area contributed by atoms with Crippen molar-refractivity contribution in [1.82, 2.24) is 0 Å². The van der Waals surface area contributed by atoms with Gasteiger partial charge < -0.3 is 14.6 Å². The molecule has 6 aromatic carbocycles. The van der Waals surface area contributed by atoms with Gasteiger partial charge in [-0.1, -0.05) is 101 Å². The zero-order chi connectivity index (χ0) is 52.2. The quantitative estimate of drug-likeness (QED) is 0.0596. The smallest absolute Gasteiger partial charge is 0.338 e. The van der Waals surface area contributed by atoms with E-state index in [1.807, 2.05) is 60.7 Å². The number of carboxylic acid groups (broad SMARTS) is 1. The number of hydrogen-bond donors (Lipinski definition) is 1. The Morgan fingerprint density at radius 2 is 0.843 bits per heavy atom. The van der Waals surface area contributed by atoms with Crippen LogP contribution in [-0.2, 0) is 13.2 Å². The summed E-state index contributed by atoms with van der Waals surface area (Å²) in [7, 11) is 0. The van der Waals surface area contributed by atoms with Gasteiger partial charge in [0.05, 0.1) is 35.7 Å². The Balaban J connectivity index is 0.000000216. The van der Waals surface area contributed by atoms with E-state index in [0.29, 0.717) is 41.8 Å². The van der Waals surface area contributed by atoms with Crippen molar-refractivity contribution in [2.24, 2.45) is 10.8 Å². The number of hydrogen-bond acceptors (Lipinski definition) is 6. The number of benzene rings is 6. The van der Waals surface area contributed by atoms with E-state index in [0.717, 1.165) is 42.0 Å². The van der Waals surface area contributed by atoms with Crippen molar-refractivity contribution in [3.05, 3.63) is 191 Å². The molecule has 7 rings (SSSR count). The second-order valence-corrected chi connectivity index (χ2v) is 20.1. The fourth-order valence-corrected chi connectivity index (χ4v) is 8.18. The minimum atomic E-state index is -1.49. The highest BCUT2D eigenvalue weighted by Gasteiger charge is 2.49. The molecular formula is C53H48BBr3F6O7. The average molecular weight is 1160 g/mol. The van der Waals surface area contributed by atoms with Crippen LogP contribution in [0.1, 0.15) is 101 Å². The second-order valence-electron chi connectivity index (χ2n) is 17.5. The average Bonchev–Trinajstić information content (AvgIpc) is 3.51. The van der Waals surface area contributed by atoms with Gasteiger partial charge in [0.1, 0.15) is 59.6 Å². The van der Waals surface area contributed by atoms with Crippen LogP contribution in [0.5, 0.6) is 11.5 Å². The van der Waals surface area contributed by atoms with Crippen LogP contribution >= 0.6 is 47.8 Å². The molecule has 1 saturated heterocycles. The van der Waals surface area contributed by atoms with Gasteiger partial charge in [-0.25, -0.2) is 31.1 Å². The van der Waals surface area contributed by atoms with E-state index in [4.69, 9.17) is 14.6 Å². The molecule has 1 N–H and O–H groups in total. The fraction of sp³-hybridized carbons (Fsp3) is 0.245. The zero-order valence-electron chi connectivity index (χ0n) is 39.1. The topological polar surface area (TPSA) is 107 Å². The van der Waals surface area contributed by atoms with Crippen LogP contribution < -0.4 is 14.9 Å². The molecule has 368 valence electrons. The number of ether oxygens (including phenoxy) is 2. The summed E-state index contributed by atoms with van der Waals surface area (Å²) < 4.78 is 91.1. The van der Waals surface area contributed by atoms with E-state index >= 15 is 0 Å². The summed E-state index contributed by atoms with van der Waals surface area (Å²) in [5.74, 6) is -5.41. The Bertz CT molecular complexity index is 2780. The number of aromatic carboxylic acids is 1. The number of halogens is 9. The van der Waals surface area contributed by atoms with Gasteiger partial charge in [-0.2, -0.15) is 0 Å². The number of carbonyl (C=O) groups excluding carboxylic acids is 3. The second kappa shape index (κ2) is 25.0. The largest absolute Gasteiger partial charge is 0.488 e. The molecule has 1 aliphatic rings. The van der Waals surface area contributed by atoms with E-state index in [-0.39, 0.29) is 59.5 Å². The molecule has 0 unspecified atom stereocenters. The lowest BCUT2D eigenvalue weighted by atomic mass is 9.42. The highest BCUT2D eigenvalue weighted by Crippen LogP contribution is 2.53. The van der Waals surface area contributed by atoms with Crippen LogP contribution in [0.4, 0.5) is 26.3 Å². The molecule has 0 radical (unpaired) electrons. The zero-order valence-corrected chi connectivity index (χ0v) is 43.9. The van der Waals surface area contributed by atoms with Crippen molar-refractivity contribution in [2.45, 2.75) is 74.3 Å². The van der Waals surface area contributed by atoms with Crippen molar-refractivity contribution < 1.29 is 60.1 Å². The van der Waals surface area contributed by atoms with Crippen molar-refractivity contribution >= 4 is 83.3 Å². The van der Waals surface area contributed by atoms with Gasteiger partial charge in [-0.3, -0.25) is 14.4 Å². The highest BCUT2D eigenvalue weighted by molar-refractivity contribution is 9.11. The Morgan fingerprint density at radius 3 is 1.24 bits per heavy atom. The molecule has 17 heteroatoms. The Kier molecular flexibility index (Phi) is 20.4. The minimum absolute atomic E-state index is 0.0185. The third kappa shape index (κ3) is 15.5. The molecule has 0 atom stereocenters. The van der Waals surface area contributed by atoms with E-state index < -0.39 is 46.4 Å². The van der Waals surface area contributed by atoms with Crippen LogP contribution in [0.3, 0.4) is 0 Å². The Hall–Kier alpha value is -5.52. The number of carboxylic acids is 1. The predicted molar refractivity (Wildman–Crippen MR) is 270 cm³/mol. The Morgan fingerprint density at radius 1 is 0.500 bits per heavy atom. The molecule has 6 aromatic rings. The predicted octanol–water partition coefficient (Wildman–Crippen LogP) is 15.1. The van der Waals surface area contributed by atoms with Crippen molar-refractivity contribution in [2.75, 3.05) is 0 Å². The van der Waals surface area contributed by atoms with Gasteiger partial charge in [-0.05, 0) is 145 Å². The molecule has 1 heterocycles. The third-order valence-electron chi connectivity index (χ3n) is 11.8. The molecule has 0 saturated carbocycles. The maximum atomic E-state index is 14.9. The molecule has 0 bridgehead atoms. The summed E-state index contributed by atoms with van der Waals surface area (Å²) in [4.78, 5) is 44.5. The molecular weight excluding hydrogens is 1110 g/mol. The van der Waals surface area contributed by atoms with Crippen LogP contribution in [0, 0.1) is 45.7 Å². The monoisotopic (exact) mass is 1160 g/mol. The molecule has 70 heavy (non-hydrogen) atoms. The van der Waals surface area contributed by atoms with Gasteiger partial charge in [0.15, 0.2) is 24.1 Å². The summed E-state index contributed by atoms with van der Waals surface area (Å²) >= 11 is 8.61. The van der Waals surface area contributed by atoms with Gasteiger partial charge in [0, 0.05) is 0 Å². The van der Waals surface area contributed by atoms with Gasteiger partial charge >= 0.3 is 5.97 Å². The molecule has 0 amide bonds. The van der Waals surface area contributed by atoms with Crippen molar-refractivity contribution in [3.8, 4) is 11.5 Å². The molecule has 0 spiro atoms. The third-order valence-corrected chi connectivity index (χ3v) is 13.6. The first kappa shape index (κ1) is 57.1. The first-order valence-electron chi connectivity index (χ1n) is 21.4. The Labute approximate surface area is 428 Å². The standard InChI is InChI=1S/C23H28BFO2.C15H12BrFO2.C8H5BrF2O.C7H3BrF2O2/c1-16(26)18-11-20(25)19(24-14-22(2,3)23(4,5)15-24)12-21(18)27-13-17-9-7-6-8-10-17;1-10(18)12-7-14(17)13(16)8-15(12)19-9-11-5-3-2-4-6-11;1-4(12)5-2-8(11)6(9)3-7(5)10;8-4-2-5(9)3(7(11)12)1-6(4)10/h6-12H,13-15H2,1-5H3;2-8H,9H2,1H3;2-3H,1H3;1-2H,(H,11,12). The number of carbonyl (C=O) groups is 4. The van der Waals surface area contributed by atoms with Crippen molar-refractivity contribution in [1.29, 1.82) is 0 Å². The first-order chi connectivity index (χ1) is 32.7. The lowest BCUT2D eigenvalue weighted by molar-refractivity contribution is 0.0690.